The van der Waals surface area contributed by atoms with Gasteiger partial charge in [-0.05, 0) is 42.7 Å². The van der Waals surface area contributed by atoms with Gasteiger partial charge in [-0.25, -0.2) is 13.1 Å². The van der Waals surface area contributed by atoms with Gasteiger partial charge < -0.3 is 10.5 Å². The van der Waals surface area contributed by atoms with Gasteiger partial charge in [0, 0.05) is 5.92 Å². The fraction of sp³-hybridized carbons (Fsp3) is 0.316. The van der Waals surface area contributed by atoms with E-state index in [-0.39, 0.29) is 16.9 Å². The van der Waals surface area contributed by atoms with Crippen molar-refractivity contribution in [1.82, 2.24) is 4.72 Å². The molecule has 7 heteroatoms. The lowest BCUT2D eigenvalue weighted by Gasteiger charge is -2.19. The number of hydrogen-bond donors (Lipinski definition) is 2. The number of carbonyl (C=O) groups is 1. The van der Waals surface area contributed by atoms with Crippen molar-refractivity contribution in [3.8, 4) is 5.75 Å². The number of carbonyl (C=O) groups excluding carboxylic acids is 1. The molecule has 26 heavy (non-hydrogen) atoms. The van der Waals surface area contributed by atoms with Gasteiger partial charge in [-0.1, -0.05) is 37.3 Å². The Hall–Kier alpha value is -2.38. The molecule has 138 valence electrons. The molecule has 2 unspecified atom stereocenters. The maximum Gasteiger partial charge on any atom is 0.264 e. The van der Waals surface area contributed by atoms with Crippen LogP contribution in [0, 0.1) is 0 Å². The molecule has 1 amide bonds. The molecule has 2 aromatic rings. The van der Waals surface area contributed by atoms with Gasteiger partial charge in [0.05, 0.1) is 17.0 Å². The van der Waals surface area contributed by atoms with E-state index in [1.165, 1.54) is 12.1 Å². The second-order valence-corrected chi connectivity index (χ2v) is 8.17. The van der Waals surface area contributed by atoms with E-state index in [9.17, 15) is 13.2 Å². The van der Waals surface area contributed by atoms with Crippen LogP contribution in [-0.4, -0.2) is 26.5 Å². The smallest absolute Gasteiger partial charge is 0.264 e. The molecular weight excluding hydrogens is 352 g/mol. The number of benzene rings is 2. The lowest BCUT2D eigenvalue weighted by Crippen LogP contribution is -2.46. The van der Waals surface area contributed by atoms with Crippen LogP contribution >= 0.6 is 0 Å². The highest BCUT2D eigenvalue weighted by Gasteiger charge is 2.27. The predicted molar refractivity (Wildman–Crippen MR) is 98.3 cm³/mol. The molecule has 1 fully saturated rings. The third-order valence-corrected chi connectivity index (χ3v) is 5.73. The molecule has 1 aliphatic carbocycles. The highest BCUT2D eigenvalue weighted by atomic mass is 32.2. The lowest BCUT2D eigenvalue weighted by atomic mass is 9.94. The van der Waals surface area contributed by atoms with Crippen molar-refractivity contribution in [1.29, 1.82) is 0 Å². The molecule has 2 atom stereocenters. The molecule has 0 aromatic heterocycles. The number of nitrogens with two attached hydrogens (primary N) is 1. The fourth-order valence-corrected chi connectivity index (χ4v) is 3.54. The number of hydrogen-bond acceptors (Lipinski definition) is 5. The molecule has 1 aliphatic rings. The summed E-state index contributed by atoms with van der Waals surface area (Å²) in [6.07, 6.45) is 2.27. The SMILES string of the molecule is CC(c1ccccc1)C(N)C(=O)NS(=O)(=O)c1ccc(OC2CC2)cc1. The Morgan fingerprint density at radius 2 is 1.73 bits per heavy atom. The van der Waals surface area contributed by atoms with E-state index < -0.39 is 22.0 Å². The quantitative estimate of drug-likeness (QED) is 0.774. The highest BCUT2D eigenvalue weighted by molar-refractivity contribution is 7.90. The van der Waals surface area contributed by atoms with Crippen molar-refractivity contribution < 1.29 is 17.9 Å². The van der Waals surface area contributed by atoms with Crippen molar-refractivity contribution in [2.24, 2.45) is 5.73 Å². The van der Waals surface area contributed by atoms with E-state index in [0.29, 0.717) is 5.75 Å². The number of ether oxygens (including phenoxy) is 1. The molecular formula is C19H22N2O4S. The van der Waals surface area contributed by atoms with Gasteiger partial charge >= 0.3 is 0 Å². The topological polar surface area (TPSA) is 98.5 Å². The zero-order chi connectivity index (χ0) is 18.7. The minimum Gasteiger partial charge on any atom is -0.490 e. The Morgan fingerprint density at radius 1 is 1.12 bits per heavy atom. The Labute approximate surface area is 153 Å². The van der Waals surface area contributed by atoms with Gasteiger partial charge in [-0.2, -0.15) is 0 Å². The van der Waals surface area contributed by atoms with Crippen LogP contribution in [0.5, 0.6) is 5.75 Å². The van der Waals surface area contributed by atoms with Crippen molar-refractivity contribution in [2.45, 2.75) is 42.7 Å². The standard InChI is InChI=1S/C19H22N2O4S/c1-13(14-5-3-2-4-6-14)18(20)19(22)21-26(23,24)17-11-9-16(10-12-17)25-15-7-8-15/h2-6,9-13,15,18H,7-8,20H2,1H3,(H,21,22). The van der Waals surface area contributed by atoms with Gasteiger partial charge in [-0.15, -0.1) is 0 Å². The van der Waals surface area contributed by atoms with Gasteiger partial charge in [-0.3, -0.25) is 4.79 Å². The van der Waals surface area contributed by atoms with Crippen molar-refractivity contribution in [2.75, 3.05) is 0 Å². The minimum absolute atomic E-state index is 0.00596. The third-order valence-electron chi connectivity index (χ3n) is 4.36. The summed E-state index contributed by atoms with van der Waals surface area (Å²) in [5, 5.41) is 0. The molecule has 2 aromatic carbocycles. The zero-order valence-corrected chi connectivity index (χ0v) is 15.3. The average Bonchev–Trinajstić information content (AvgIpc) is 3.45. The van der Waals surface area contributed by atoms with Crippen LogP contribution in [0.3, 0.4) is 0 Å². The van der Waals surface area contributed by atoms with Crippen molar-refractivity contribution >= 4 is 15.9 Å². The minimum atomic E-state index is -3.98. The van der Waals surface area contributed by atoms with Crippen LogP contribution in [0.4, 0.5) is 0 Å². The normalized spacial score (nSPS) is 16.5. The van der Waals surface area contributed by atoms with Gasteiger partial charge in [0.1, 0.15) is 5.75 Å². The number of rotatable bonds is 7. The van der Waals surface area contributed by atoms with Crippen LogP contribution in [0.2, 0.25) is 0 Å². The van der Waals surface area contributed by atoms with E-state index in [4.69, 9.17) is 10.5 Å². The molecule has 3 rings (SSSR count). The Bertz CT molecular complexity index is 862. The molecule has 0 radical (unpaired) electrons. The lowest BCUT2D eigenvalue weighted by molar-refractivity contribution is -0.120. The van der Waals surface area contributed by atoms with Crippen LogP contribution in [0.15, 0.2) is 59.5 Å². The molecule has 0 spiro atoms. The Kier molecular flexibility index (Phi) is 5.29. The molecule has 0 bridgehead atoms. The molecule has 6 nitrogen and oxygen atoms in total. The summed E-state index contributed by atoms with van der Waals surface area (Å²) in [7, 11) is -3.98. The van der Waals surface area contributed by atoms with Crippen LogP contribution < -0.4 is 15.2 Å². The summed E-state index contributed by atoms with van der Waals surface area (Å²) in [5.74, 6) is -0.437. The molecule has 0 saturated heterocycles. The van der Waals surface area contributed by atoms with Crippen LogP contribution in [0.25, 0.3) is 0 Å². The monoisotopic (exact) mass is 374 g/mol. The third kappa shape index (κ3) is 4.42. The van der Waals surface area contributed by atoms with Crippen LogP contribution in [-0.2, 0) is 14.8 Å². The maximum atomic E-state index is 12.4. The summed E-state index contributed by atoms with van der Waals surface area (Å²) in [5.41, 5.74) is 6.84. The fourth-order valence-electron chi connectivity index (χ4n) is 2.53. The van der Waals surface area contributed by atoms with E-state index in [0.717, 1.165) is 18.4 Å². The first kappa shape index (κ1) is 18.4. The number of amides is 1. The summed E-state index contributed by atoms with van der Waals surface area (Å²) in [6, 6.07) is 14.3. The van der Waals surface area contributed by atoms with Gasteiger partial charge in [0.2, 0.25) is 0 Å². The molecule has 1 saturated carbocycles. The van der Waals surface area contributed by atoms with E-state index in [2.05, 4.69) is 4.72 Å². The van der Waals surface area contributed by atoms with Crippen LogP contribution in [0.1, 0.15) is 31.2 Å². The zero-order valence-electron chi connectivity index (χ0n) is 14.5. The maximum absolute atomic E-state index is 12.4. The largest absolute Gasteiger partial charge is 0.490 e. The Balaban J connectivity index is 1.66. The average molecular weight is 374 g/mol. The predicted octanol–water partition coefficient (Wildman–Crippen LogP) is 2.16. The second kappa shape index (κ2) is 7.47. The summed E-state index contributed by atoms with van der Waals surface area (Å²) in [6.45, 7) is 1.79. The van der Waals surface area contributed by atoms with E-state index in [1.807, 2.05) is 30.3 Å². The highest BCUT2D eigenvalue weighted by Crippen LogP contribution is 2.27. The second-order valence-electron chi connectivity index (χ2n) is 6.48. The molecule has 0 aliphatic heterocycles. The summed E-state index contributed by atoms with van der Waals surface area (Å²) in [4.78, 5) is 12.3. The Morgan fingerprint density at radius 3 is 2.31 bits per heavy atom. The first-order chi connectivity index (χ1) is 12.4. The molecule has 3 N–H and O–H groups in total. The summed E-state index contributed by atoms with van der Waals surface area (Å²) < 4.78 is 32.5. The number of nitrogens with one attached hydrogen (secondary N) is 1. The first-order valence-corrected chi connectivity index (χ1v) is 9.99. The molecule has 0 heterocycles. The van der Waals surface area contributed by atoms with E-state index in [1.54, 1.807) is 19.1 Å². The van der Waals surface area contributed by atoms with Crippen molar-refractivity contribution in [3.63, 3.8) is 0 Å². The van der Waals surface area contributed by atoms with Gasteiger partial charge in [0.15, 0.2) is 0 Å². The van der Waals surface area contributed by atoms with Gasteiger partial charge in [0.25, 0.3) is 15.9 Å². The first-order valence-electron chi connectivity index (χ1n) is 8.51. The number of sulfonamides is 1. The van der Waals surface area contributed by atoms with Crippen molar-refractivity contribution in [3.05, 3.63) is 60.2 Å². The van der Waals surface area contributed by atoms with E-state index >= 15 is 0 Å². The summed E-state index contributed by atoms with van der Waals surface area (Å²) >= 11 is 0.